The minimum Gasteiger partial charge on any atom is -0.372 e. The van der Waals surface area contributed by atoms with Crippen molar-refractivity contribution in [2.75, 3.05) is 18.0 Å². The molecule has 1 aliphatic heterocycles. The second-order valence-corrected chi connectivity index (χ2v) is 6.30. The van der Waals surface area contributed by atoms with Gasteiger partial charge in [-0.15, -0.1) is 0 Å². The number of anilines is 1. The highest BCUT2D eigenvalue weighted by Gasteiger charge is 2.20. The lowest BCUT2D eigenvalue weighted by Gasteiger charge is -2.22. The van der Waals surface area contributed by atoms with Gasteiger partial charge in [0.25, 0.3) is 0 Å². The molecule has 1 aromatic heterocycles. The molecular weight excluding hydrogens is 258 g/mol. The minimum absolute atomic E-state index is 0.221. The predicted molar refractivity (Wildman–Crippen MR) is 87.1 cm³/mol. The number of benzene rings is 1. The zero-order valence-electron chi connectivity index (χ0n) is 12.5. The van der Waals surface area contributed by atoms with Crippen molar-refractivity contribution in [2.24, 2.45) is 5.73 Å². The van der Waals surface area contributed by atoms with E-state index in [1.165, 1.54) is 55.0 Å². The van der Waals surface area contributed by atoms with E-state index in [2.05, 4.69) is 46.0 Å². The van der Waals surface area contributed by atoms with Crippen molar-refractivity contribution < 1.29 is 0 Å². The van der Waals surface area contributed by atoms with E-state index in [0.29, 0.717) is 0 Å². The molecule has 1 fully saturated rings. The molecule has 1 saturated heterocycles. The first-order valence-electron chi connectivity index (χ1n) is 8.14. The van der Waals surface area contributed by atoms with Crippen molar-refractivity contribution in [2.45, 2.75) is 38.1 Å². The van der Waals surface area contributed by atoms with Crippen molar-refractivity contribution in [1.82, 2.24) is 4.57 Å². The van der Waals surface area contributed by atoms with Crippen molar-refractivity contribution in [3.63, 3.8) is 0 Å². The Kier molecular flexibility index (Phi) is 3.23. The number of aromatic nitrogens is 1. The van der Waals surface area contributed by atoms with Gasteiger partial charge in [0.1, 0.15) is 0 Å². The number of hydrogen-bond donors (Lipinski definition) is 1. The molecule has 21 heavy (non-hydrogen) atoms. The fourth-order valence-corrected chi connectivity index (χ4v) is 3.77. The number of nitrogens with two attached hydrogens (primary N) is 1. The van der Waals surface area contributed by atoms with Crippen LogP contribution in [0.1, 0.15) is 43.0 Å². The highest BCUT2D eigenvalue weighted by molar-refractivity contribution is 5.52. The highest BCUT2D eigenvalue weighted by atomic mass is 15.1. The first kappa shape index (κ1) is 13.0. The summed E-state index contributed by atoms with van der Waals surface area (Å²) in [5.41, 5.74) is 11.6. The van der Waals surface area contributed by atoms with Gasteiger partial charge in [-0.05, 0) is 68.0 Å². The Bertz CT molecular complexity index is 620. The SMILES string of the molecule is NC1CCCc2c1ccn2-c1ccc(N2CCCC2)cc1. The zero-order chi connectivity index (χ0) is 14.2. The van der Waals surface area contributed by atoms with Crippen LogP contribution in [-0.4, -0.2) is 17.7 Å². The third-order valence-electron chi connectivity index (χ3n) is 4.95. The average Bonchev–Trinajstić information content (AvgIpc) is 3.18. The summed E-state index contributed by atoms with van der Waals surface area (Å²) in [7, 11) is 0. The molecule has 2 N–H and O–H groups in total. The lowest BCUT2D eigenvalue weighted by Crippen LogP contribution is -2.18. The molecule has 0 amide bonds. The van der Waals surface area contributed by atoms with E-state index in [9.17, 15) is 0 Å². The molecule has 0 radical (unpaired) electrons. The van der Waals surface area contributed by atoms with Crippen LogP contribution in [-0.2, 0) is 6.42 Å². The lowest BCUT2D eigenvalue weighted by molar-refractivity contribution is 0.560. The maximum Gasteiger partial charge on any atom is 0.0453 e. The molecule has 1 unspecified atom stereocenters. The Balaban J connectivity index is 1.64. The molecule has 0 bridgehead atoms. The molecule has 1 aromatic carbocycles. The first-order valence-corrected chi connectivity index (χ1v) is 8.14. The number of fused-ring (bicyclic) bond motifs is 1. The molecular formula is C18H23N3. The van der Waals surface area contributed by atoms with E-state index >= 15 is 0 Å². The van der Waals surface area contributed by atoms with Gasteiger partial charge < -0.3 is 15.2 Å². The van der Waals surface area contributed by atoms with Crippen LogP contribution in [0, 0.1) is 0 Å². The summed E-state index contributed by atoms with van der Waals surface area (Å²) in [4.78, 5) is 2.48. The van der Waals surface area contributed by atoms with Gasteiger partial charge in [-0.2, -0.15) is 0 Å². The minimum atomic E-state index is 0.221. The van der Waals surface area contributed by atoms with Crippen LogP contribution < -0.4 is 10.6 Å². The Morgan fingerprint density at radius 3 is 2.38 bits per heavy atom. The van der Waals surface area contributed by atoms with Gasteiger partial charge in [0.15, 0.2) is 0 Å². The van der Waals surface area contributed by atoms with Crippen LogP contribution in [0.2, 0.25) is 0 Å². The van der Waals surface area contributed by atoms with Crippen molar-refractivity contribution in [1.29, 1.82) is 0 Å². The van der Waals surface area contributed by atoms with E-state index in [4.69, 9.17) is 5.73 Å². The molecule has 2 aliphatic rings. The molecule has 1 atom stereocenters. The molecule has 3 nitrogen and oxygen atoms in total. The molecule has 1 aliphatic carbocycles. The summed E-state index contributed by atoms with van der Waals surface area (Å²) in [6.07, 6.45) is 8.29. The smallest absolute Gasteiger partial charge is 0.0453 e. The van der Waals surface area contributed by atoms with Crippen LogP contribution in [0.4, 0.5) is 5.69 Å². The molecule has 4 rings (SSSR count). The van der Waals surface area contributed by atoms with Crippen molar-refractivity contribution >= 4 is 5.69 Å². The van der Waals surface area contributed by atoms with Gasteiger partial charge in [0, 0.05) is 42.4 Å². The summed E-state index contributed by atoms with van der Waals surface area (Å²) in [5.74, 6) is 0. The van der Waals surface area contributed by atoms with Crippen molar-refractivity contribution in [3.8, 4) is 5.69 Å². The summed E-state index contributed by atoms with van der Waals surface area (Å²) >= 11 is 0. The Hall–Kier alpha value is -1.74. The highest BCUT2D eigenvalue weighted by Crippen LogP contribution is 2.31. The molecule has 3 heteroatoms. The molecule has 0 spiro atoms. The second-order valence-electron chi connectivity index (χ2n) is 6.30. The summed E-state index contributed by atoms with van der Waals surface area (Å²) < 4.78 is 2.32. The summed E-state index contributed by atoms with van der Waals surface area (Å²) in [6.45, 7) is 2.40. The lowest BCUT2D eigenvalue weighted by atomic mass is 9.93. The van der Waals surface area contributed by atoms with E-state index in [1.54, 1.807) is 0 Å². The monoisotopic (exact) mass is 281 g/mol. The first-order chi connectivity index (χ1) is 10.3. The third kappa shape index (κ3) is 2.26. The van der Waals surface area contributed by atoms with Crippen LogP contribution in [0.5, 0.6) is 0 Å². The molecule has 2 aromatic rings. The fraction of sp³-hybridized carbons (Fsp3) is 0.444. The standard InChI is InChI=1S/C18H23N3/c19-17-4-3-5-18-16(17)10-13-21(18)15-8-6-14(7-9-15)20-11-1-2-12-20/h6-10,13,17H,1-5,11-12,19H2. The maximum atomic E-state index is 6.22. The quantitative estimate of drug-likeness (QED) is 0.915. The maximum absolute atomic E-state index is 6.22. The molecule has 0 saturated carbocycles. The topological polar surface area (TPSA) is 34.2 Å². The van der Waals surface area contributed by atoms with E-state index in [0.717, 1.165) is 12.8 Å². The number of hydrogen-bond acceptors (Lipinski definition) is 2. The van der Waals surface area contributed by atoms with Crippen LogP contribution in [0.3, 0.4) is 0 Å². The van der Waals surface area contributed by atoms with Crippen LogP contribution in [0.15, 0.2) is 36.5 Å². The third-order valence-corrected chi connectivity index (χ3v) is 4.95. The van der Waals surface area contributed by atoms with Crippen LogP contribution in [0.25, 0.3) is 5.69 Å². The fourth-order valence-electron chi connectivity index (χ4n) is 3.77. The summed E-state index contributed by atoms with van der Waals surface area (Å²) in [6, 6.07) is 11.4. The predicted octanol–water partition coefficient (Wildman–Crippen LogP) is 3.41. The molecule has 110 valence electrons. The van der Waals surface area contributed by atoms with Gasteiger partial charge in [-0.1, -0.05) is 0 Å². The van der Waals surface area contributed by atoms with E-state index < -0.39 is 0 Å². The summed E-state index contributed by atoms with van der Waals surface area (Å²) in [5, 5.41) is 0. The normalized spacial score (nSPS) is 21.6. The van der Waals surface area contributed by atoms with Gasteiger partial charge in [-0.25, -0.2) is 0 Å². The van der Waals surface area contributed by atoms with E-state index in [1.807, 2.05) is 0 Å². The second kappa shape index (κ2) is 5.23. The molecule has 2 heterocycles. The Morgan fingerprint density at radius 2 is 1.62 bits per heavy atom. The Labute approximate surface area is 126 Å². The number of rotatable bonds is 2. The van der Waals surface area contributed by atoms with Gasteiger partial charge in [0.05, 0.1) is 0 Å². The van der Waals surface area contributed by atoms with Crippen LogP contribution >= 0.6 is 0 Å². The van der Waals surface area contributed by atoms with Gasteiger partial charge in [0.2, 0.25) is 0 Å². The van der Waals surface area contributed by atoms with Gasteiger partial charge >= 0.3 is 0 Å². The average molecular weight is 281 g/mol. The van der Waals surface area contributed by atoms with E-state index in [-0.39, 0.29) is 6.04 Å². The zero-order valence-corrected chi connectivity index (χ0v) is 12.5. The largest absolute Gasteiger partial charge is 0.372 e. The van der Waals surface area contributed by atoms with Gasteiger partial charge in [-0.3, -0.25) is 0 Å². The Morgan fingerprint density at radius 1 is 0.905 bits per heavy atom. The number of nitrogens with zero attached hydrogens (tertiary/aromatic N) is 2. The van der Waals surface area contributed by atoms with Crippen molar-refractivity contribution in [3.05, 3.63) is 47.8 Å².